The summed E-state index contributed by atoms with van der Waals surface area (Å²) in [6, 6.07) is 22.3. The number of hydrogen-bond acceptors (Lipinski definition) is 9. The monoisotopic (exact) mass is 822 g/mol. The van der Waals surface area contributed by atoms with Gasteiger partial charge in [0.2, 0.25) is 0 Å². The van der Waals surface area contributed by atoms with Gasteiger partial charge in [0, 0.05) is 86.5 Å². The van der Waals surface area contributed by atoms with Crippen LogP contribution in [0.3, 0.4) is 0 Å². The van der Waals surface area contributed by atoms with Gasteiger partial charge in [-0.25, -0.2) is 18.1 Å². The second-order valence-electron chi connectivity index (χ2n) is 15.9. The minimum atomic E-state index is -4.21. The molecule has 1 aliphatic carbocycles. The number of benzene rings is 3. The van der Waals surface area contributed by atoms with Crippen LogP contribution in [0.5, 0.6) is 11.5 Å². The van der Waals surface area contributed by atoms with Crippen LogP contribution in [0, 0.1) is 18.8 Å². The number of piperazine rings is 1. The fraction of sp³-hybridized carbons (Fsp3) is 0.378. The molecule has 0 saturated carbocycles. The molecule has 8 rings (SSSR count). The van der Waals surface area contributed by atoms with E-state index in [0.717, 1.165) is 106 Å². The van der Waals surface area contributed by atoms with E-state index in [9.17, 15) is 13.2 Å². The third-order valence-electron chi connectivity index (χ3n) is 11.9. The summed E-state index contributed by atoms with van der Waals surface area (Å²) >= 11 is 6.23. The highest BCUT2D eigenvalue weighted by Gasteiger charge is 2.30. The van der Waals surface area contributed by atoms with Crippen molar-refractivity contribution in [2.75, 3.05) is 62.7 Å². The maximum atomic E-state index is 13.9. The quantitative estimate of drug-likeness (QED) is 0.106. The molecule has 13 heteroatoms. The van der Waals surface area contributed by atoms with E-state index in [1.807, 2.05) is 43.3 Å². The van der Waals surface area contributed by atoms with Crippen molar-refractivity contribution in [1.29, 1.82) is 0 Å². The number of sulfonamides is 1. The number of allylic oxidation sites excluding steroid dienone is 2. The molecule has 2 saturated heterocycles. The highest BCUT2D eigenvalue weighted by atomic mass is 35.5. The fourth-order valence-electron chi connectivity index (χ4n) is 8.46. The number of hydrogen-bond donors (Lipinski definition) is 3. The second-order valence-corrected chi connectivity index (χ2v) is 18.0. The van der Waals surface area contributed by atoms with E-state index >= 15 is 0 Å². The molecule has 2 fully saturated rings. The predicted octanol–water partition coefficient (Wildman–Crippen LogP) is 8.54. The number of aromatic amines is 1. The predicted molar refractivity (Wildman–Crippen MR) is 230 cm³/mol. The minimum absolute atomic E-state index is 0.00732. The van der Waals surface area contributed by atoms with E-state index in [1.54, 1.807) is 30.6 Å². The molecule has 2 aromatic heterocycles. The molecule has 0 bridgehead atoms. The summed E-state index contributed by atoms with van der Waals surface area (Å²) < 4.78 is 41.4. The molecule has 0 radical (unpaired) electrons. The van der Waals surface area contributed by atoms with Crippen LogP contribution in [0.4, 0.5) is 11.4 Å². The number of pyridine rings is 1. The van der Waals surface area contributed by atoms with Crippen LogP contribution in [0.15, 0.2) is 102 Å². The topological polar surface area (TPSA) is 129 Å². The van der Waals surface area contributed by atoms with Crippen LogP contribution in [0.2, 0.25) is 5.02 Å². The number of aryl methyl sites for hydroxylation is 1. The summed E-state index contributed by atoms with van der Waals surface area (Å²) in [4.78, 5) is 26.3. The van der Waals surface area contributed by atoms with Gasteiger partial charge in [0.15, 0.2) is 0 Å². The lowest BCUT2D eigenvalue weighted by molar-refractivity contribution is 0.0699. The maximum Gasteiger partial charge on any atom is 0.268 e. The molecule has 4 heterocycles. The molecule has 2 atom stereocenters. The summed E-state index contributed by atoms with van der Waals surface area (Å²) in [7, 11) is -4.21. The van der Waals surface area contributed by atoms with Gasteiger partial charge in [-0.1, -0.05) is 35.4 Å². The van der Waals surface area contributed by atoms with Crippen LogP contribution >= 0.6 is 11.6 Å². The normalized spacial score (nSPS) is 19.5. The molecule has 11 nitrogen and oxygen atoms in total. The van der Waals surface area contributed by atoms with Gasteiger partial charge >= 0.3 is 0 Å². The molecule has 304 valence electrons. The Morgan fingerprint density at radius 3 is 2.55 bits per heavy atom. The Morgan fingerprint density at radius 1 is 0.983 bits per heavy atom. The number of carbonyl (C=O) groups is 1. The lowest BCUT2D eigenvalue weighted by Gasteiger charge is -2.40. The summed E-state index contributed by atoms with van der Waals surface area (Å²) in [5, 5.41) is 5.07. The van der Waals surface area contributed by atoms with Crippen LogP contribution < -0.4 is 19.7 Å². The van der Waals surface area contributed by atoms with Crippen LogP contribution in [0.1, 0.15) is 60.0 Å². The van der Waals surface area contributed by atoms with Crippen molar-refractivity contribution in [3.8, 4) is 11.5 Å². The van der Waals surface area contributed by atoms with E-state index in [-0.39, 0.29) is 16.2 Å². The second kappa shape index (κ2) is 17.5. The van der Waals surface area contributed by atoms with Crippen molar-refractivity contribution >= 4 is 49.9 Å². The molecule has 3 N–H and O–H groups in total. The number of halogens is 1. The van der Waals surface area contributed by atoms with Crippen LogP contribution in [-0.4, -0.2) is 81.7 Å². The Labute approximate surface area is 345 Å². The number of carbonyl (C=O) groups excluding carboxylic acids is 1. The van der Waals surface area contributed by atoms with Crippen molar-refractivity contribution in [2.45, 2.75) is 50.3 Å². The Kier molecular flexibility index (Phi) is 12.1. The molecule has 0 spiro atoms. The first-order chi connectivity index (χ1) is 28.1. The minimum Gasteiger partial charge on any atom is -0.455 e. The SMILES string of the molecule is CC1=CC[C@H](CN2CCN(c3ccc(C(=O)NS(=O)(=O)c4ccc(NCC5CCOCC5)c(C)c4)c(Oc4cnc5[nH]ccc5c4)c3)CC2)[C@@H](c2ccc(Cl)cc2)C1. The smallest absolute Gasteiger partial charge is 0.268 e. The van der Waals surface area contributed by atoms with Crippen LogP contribution in [-0.2, 0) is 14.8 Å². The van der Waals surface area contributed by atoms with Gasteiger partial charge in [-0.2, -0.15) is 0 Å². The lowest BCUT2D eigenvalue weighted by Crippen LogP contribution is -2.48. The van der Waals surface area contributed by atoms with Gasteiger partial charge in [0.05, 0.1) is 16.7 Å². The Balaban J connectivity index is 0.971. The average molecular weight is 823 g/mol. The van der Waals surface area contributed by atoms with Crippen molar-refractivity contribution in [2.24, 2.45) is 11.8 Å². The van der Waals surface area contributed by atoms with Gasteiger partial charge in [0.1, 0.15) is 17.1 Å². The van der Waals surface area contributed by atoms with Gasteiger partial charge < -0.3 is 24.7 Å². The highest BCUT2D eigenvalue weighted by molar-refractivity contribution is 7.90. The van der Waals surface area contributed by atoms with Crippen molar-refractivity contribution in [3.63, 3.8) is 0 Å². The van der Waals surface area contributed by atoms with Crippen molar-refractivity contribution < 1.29 is 22.7 Å². The number of H-pyrrole nitrogens is 1. The van der Waals surface area contributed by atoms with E-state index < -0.39 is 15.9 Å². The third-order valence-corrected chi connectivity index (χ3v) is 13.5. The Morgan fingerprint density at radius 2 is 1.78 bits per heavy atom. The van der Waals surface area contributed by atoms with Gasteiger partial charge in [0.25, 0.3) is 15.9 Å². The number of amides is 1. The van der Waals surface area contributed by atoms with Gasteiger partial charge in [-0.15, -0.1) is 0 Å². The number of aromatic nitrogens is 2. The molecule has 58 heavy (non-hydrogen) atoms. The van der Waals surface area contributed by atoms with Crippen LogP contribution in [0.25, 0.3) is 11.0 Å². The molecule has 2 aliphatic heterocycles. The summed E-state index contributed by atoms with van der Waals surface area (Å²) in [6.07, 6.45) is 9.89. The first-order valence-corrected chi connectivity index (χ1v) is 22.1. The number of rotatable bonds is 12. The average Bonchev–Trinajstić information content (AvgIpc) is 3.70. The molecular formula is C45H51ClN6O5S. The third kappa shape index (κ3) is 9.36. The number of ether oxygens (including phenoxy) is 2. The highest BCUT2D eigenvalue weighted by Crippen LogP contribution is 2.39. The van der Waals surface area contributed by atoms with Crippen molar-refractivity contribution in [3.05, 3.63) is 119 Å². The standard InChI is InChI=1S/C45H51ClN6O5S/c1-30-3-4-35(41(23-30)33-5-7-36(46)8-6-33)29-51-17-19-52(20-18-51)37-9-11-40(43(26-37)57-38-25-34-13-16-47-44(34)49-28-38)45(53)50-58(54,55)39-10-12-42(31(2)24-39)48-27-32-14-21-56-22-15-32/h3,5-13,16,24-26,28,32,35,41,48H,4,14-15,17-23,27,29H2,1-2H3,(H,47,49)(H,50,53)/t35-,41-/m1/s1. The summed E-state index contributed by atoms with van der Waals surface area (Å²) in [5.74, 6) is 1.35. The number of anilines is 2. The summed E-state index contributed by atoms with van der Waals surface area (Å²) in [6.45, 7) is 10.8. The molecule has 3 aliphatic rings. The lowest BCUT2D eigenvalue weighted by atomic mass is 9.75. The van der Waals surface area contributed by atoms with Crippen molar-refractivity contribution in [1.82, 2.24) is 19.6 Å². The van der Waals surface area contributed by atoms with E-state index in [4.69, 9.17) is 21.1 Å². The first-order valence-electron chi connectivity index (χ1n) is 20.2. The van der Waals surface area contributed by atoms with Gasteiger partial charge in [-0.3, -0.25) is 9.69 Å². The number of nitrogens with one attached hydrogen (secondary N) is 3. The zero-order valence-electron chi connectivity index (χ0n) is 33.0. The largest absolute Gasteiger partial charge is 0.455 e. The maximum absolute atomic E-state index is 13.9. The zero-order chi connectivity index (χ0) is 40.2. The Bertz CT molecular complexity index is 2390. The van der Waals surface area contributed by atoms with Gasteiger partial charge in [-0.05, 0) is 123 Å². The first kappa shape index (κ1) is 39.9. The molecule has 3 aromatic carbocycles. The molecular weight excluding hydrogens is 772 g/mol. The van der Waals surface area contributed by atoms with E-state index in [2.05, 4.69) is 54.9 Å². The number of nitrogens with zero attached hydrogens (tertiary/aromatic N) is 3. The molecule has 1 amide bonds. The molecule has 0 unspecified atom stereocenters. The fourth-order valence-corrected chi connectivity index (χ4v) is 9.64. The Hall–Kier alpha value is -4.88. The van der Waals surface area contributed by atoms with E-state index in [0.29, 0.717) is 29.2 Å². The zero-order valence-corrected chi connectivity index (χ0v) is 34.6. The summed E-state index contributed by atoms with van der Waals surface area (Å²) in [5.41, 5.74) is 6.12. The number of fused-ring (bicyclic) bond motifs is 1. The molecule has 5 aromatic rings. The van der Waals surface area contributed by atoms with E-state index in [1.165, 1.54) is 17.2 Å².